The molecule has 0 fully saturated rings. The lowest BCUT2D eigenvalue weighted by molar-refractivity contribution is 0.295. The van der Waals surface area contributed by atoms with Crippen LogP contribution < -0.4 is 4.74 Å². The number of hydrogen-bond donors (Lipinski definition) is 0. The highest BCUT2D eigenvalue weighted by molar-refractivity contribution is 5.27. The van der Waals surface area contributed by atoms with Crippen molar-refractivity contribution in [3.8, 4) is 5.75 Å². The molecule has 0 bridgehead atoms. The zero-order valence-corrected chi connectivity index (χ0v) is 12.2. The molecule has 4 heteroatoms. The van der Waals surface area contributed by atoms with E-state index in [-0.39, 0.29) is 0 Å². The van der Waals surface area contributed by atoms with E-state index in [1.54, 1.807) is 6.26 Å². The van der Waals surface area contributed by atoms with Crippen molar-refractivity contribution in [2.24, 2.45) is 0 Å². The van der Waals surface area contributed by atoms with Gasteiger partial charge in [0.05, 0.1) is 12.3 Å². The highest BCUT2D eigenvalue weighted by atomic mass is 16.5. The van der Waals surface area contributed by atoms with E-state index in [2.05, 4.69) is 35.9 Å². The van der Waals surface area contributed by atoms with Crippen molar-refractivity contribution in [1.82, 2.24) is 9.88 Å². The number of nitrogens with zero attached hydrogens (tertiary/aromatic N) is 2. The first kappa shape index (κ1) is 14.6. The van der Waals surface area contributed by atoms with Gasteiger partial charge in [-0.15, -0.1) is 0 Å². The summed E-state index contributed by atoms with van der Waals surface area (Å²) in [6, 6.07) is 8.32. The molecule has 20 heavy (non-hydrogen) atoms. The van der Waals surface area contributed by atoms with Gasteiger partial charge < -0.3 is 9.15 Å². The zero-order valence-electron chi connectivity index (χ0n) is 12.2. The van der Waals surface area contributed by atoms with Crippen molar-refractivity contribution in [2.75, 3.05) is 19.7 Å². The van der Waals surface area contributed by atoms with Crippen molar-refractivity contribution in [3.63, 3.8) is 0 Å². The molecule has 0 aliphatic rings. The van der Waals surface area contributed by atoms with E-state index >= 15 is 0 Å². The Balaban J connectivity index is 1.79. The molecule has 0 amide bonds. The Morgan fingerprint density at radius 1 is 1.15 bits per heavy atom. The summed E-state index contributed by atoms with van der Waals surface area (Å²) in [6.45, 7) is 8.13. The Kier molecular flexibility index (Phi) is 5.62. The second-order valence-corrected chi connectivity index (χ2v) is 4.68. The lowest BCUT2D eigenvalue weighted by Crippen LogP contribution is -2.21. The molecule has 0 saturated heterocycles. The van der Waals surface area contributed by atoms with Crippen molar-refractivity contribution in [2.45, 2.75) is 26.8 Å². The van der Waals surface area contributed by atoms with Crippen LogP contribution in [0.15, 0.2) is 41.3 Å². The maximum atomic E-state index is 5.70. The average molecular weight is 274 g/mol. The minimum absolute atomic E-state index is 0.613. The van der Waals surface area contributed by atoms with Crippen molar-refractivity contribution < 1.29 is 9.15 Å². The van der Waals surface area contributed by atoms with Crippen LogP contribution in [0.3, 0.4) is 0 Å². The van der Waals surface area contributed by atoms with Crippen LogP contribution >= 0.6 is 0 Å². The minimum Gasteiger partial charge on any atom is -0.493 e. The van der Waals surface area contributed by atoms with Crippen LogP contribution in [-0.4, -0.2) is 29.6 Å². The Labute approximate surface area is 120 Å². The fourth-order valence-corrected chi connectivity index (χ4v) is 2.03. The van der Waals surface area contributed by atoms with Gasteiger partial charge in [0.1, 0.15) is 12.0 Å². The molecule has 0 spiro atoms. The van der Waals surface area contributed by atoms with Gasteiger partial charge in [-0.05, 0) is 30.8 Å². The molecule has 0 atom stereocenters. The quantitative estimate of drug-likeness (QED) is 0.741. The minimum atomic E-state index is 0.613. The number of hydrogen-bond acceptors (Lipinski definition) is 4. The number of rotatable bonds is 8. The first-order valence-electron chi connectivity index (χ1n) is 7.13. The predicted molar refractivity (Wildman–Crippen MR) is 78.8 cm³/mol. The largest absolute Gasteiger partial charge is 0.493 e. The fourth-order valence-electron chi connectivity index (χ4n) is 2.03. The van der Waals surface area contributed by atoms with E-state index in [9.17, 15) is 0 Å². The van der Waals surface area contributed by atoms with Crippen LogP contribution in [0, 0.1) is 0 Å². The molecule has 4 nitrogen and oxygen atoms in total. The van der Waals surface area contributed by atoms with Gasteiger partial charge in [-0.2, -0.15) is 0 Å². The van der Waals surface area contributed by atoms with Gasteiger partial charge in [0, 0.05) is 13.0 Å². The van der Waals surface area contributed by atoms with Crippen molar-refractivity contribution in [3.05, 3.63) is 48.2 Å². The third-order valence-electron chi connectivity index (χ3n) is 3.33. The summed E-state index contributed by atoms with van der Waals surface area (Å²) in [6.07, 6.45) is 3.85. The molecular weight excluding hydrogens is 252 g/mol. The lowest BCUT2D eigenvalue weighted by atomic mass is 10.2. The second-order valence-electron chi connectivity index (χ2n) is 4.68. The molecule has 2 rings (SSSR count). The van der Waals surface area contributed by atoms with E-state index in [0.717, 1.165) is 37.5 Å². The maximum Gasteiger partial charge on any atom is 0.180 e. The monoisotopic (exact) mass is 274 g/mol. The molecule has 2 aromatic rings. The molecule has 1 aromatic carbocycles. The van der Waals surface area contributed by atoms with E-state index in [0.29, 0.717) is 6.61 Å². The second kappa shape index (κ2) is 7.70. The third kappa shape index (κ3) is 4.38. The van der Waals surface area contributed by atoms with Crippen LogP contribution in [0.5, 0.6) is 5.75 Å². The van der Waals surface area contributed by atoms with E-state index in [1.807, 2.05) is 12.1 Å². The SMILES string of the molecule is CCN(CC)Cc1ccc(OCCc2cocn2)cc1. The fraction of sp³-hybridized carbons (Fsp3) is 0.438. The first-order chi connectivity index (χ1) is 9.81. The Morgan fingerprint density at radius 3 is 2.50 bits per heavy atom. The zero-order chi connectivity index (χ0) is 14.2. The Bertz CT molecular complexity index is 476. The number of benzene rings is 1. The van der Waals surface area contributed by atoms with Crippen LogP contribution in [0.4, 0.5) is 0 Å². The van der Waals surface area contributed by atoms with Crippen LogP contribution in [0.2, 0.25) is 0 Å². The van der Waals surface area contributed by atoms with Gasteiger partial charge >= 0.3 is 0 Å². The van der Waals surface area contributed by atoms with Gasteiger partial charge in [0.25, 0.3) is 0 Å². The lowest BCUT2D eigenvalue weighted by Gasteiger charge is -2.18. The van der Waals surface area contributed by atoms with Crippen LogP contribution in [0.25, 0.3) is 0 Å². The Hall–Kier alpha value is -1.81. The maximum absolute atomic E-state index is 5.70. The van der Waals surface area contributed by atoms with Gasteiger partial charge in [0.2, 0.25) is 0 Å². The standard InChI is InChI=1S/C16H22N2O2/c1-3-18(4-2)11-14-5-7-16(8-6-14)20-10-9-15-12-19-13-17-15/h5-8,12-13H,3-4,9-11H2,1-2H3. The first-order valence-corrected chi connectivity index (χ1v) is 7.13. The normalized spacial score (nSPS) is 10.9. The molecule has 108 valence electrons. The number of oxazole rings is 1. The van der Waals surface area contributed by atoms with Crippen LogP contribution in [0.1, 0.15) is 25.1 Å². The molecule has 1 heterocycles. The summed E-state index contributed by atoms with van der Waals surface area (Å²) in [5.74, 6) is 0.900. The van der Waals surface area contributed by atoms with Gasteiger partial charge in [-0.25, -0.2) is 4.98 Å². The molecule has 1 aromatic heterocycles. The molecular formula is C16H22N2O2. The summed E-state index contributed by atoms with van der Waals surface area (Å²) in [7, 11) is 0. The summed E-state index contributed by atoms with van der Waals surface area (Å²) in [5, 5.41) is 0. The van der Waals surface area contributed by atoms with Gasteiger partial charge in [-0.3, -0.25) is 4.90 Å². The molecule has 0 aliphatic carbocycles. The molecule has 0 aliphatic heterocycles. The topological polar surface area (TPSA) is 38.5 Å². The van der Waals surface area contributed by atoms with E-state index in [1.165, 1.54) is 12.0 Å². The summed E-state index contributed by atoms with van der Waals surface area (Å²) >= 11 is 0. The number of aromatic nitrogens is 1. The third-order valence-corrected chi connectivity index (χ3v) is 3.33. The summed E-state index contributed by atoms with van der Waals surface area (Å²) in [4.78, 5) is 6.45. The van der Waals surface area contributed by atoms with E-state index < -0.39 is 0 Å². The Morgan fingerprint density at radius 2 is 1.90 bits per heavy atom. The predicted octanol–water partition coefficient (Wildman–Crippen LogP) is 3.14. The van der Waals surface area contributed by atoms with Crippen molar-refractivity contribution in [1.29, 1.82) is 0 Å². The summed E-state index contributed by atoms with van der Waals surface area (Å²) in [5.41, 5.74) is 2.24. The molecule has 0 radical (unpaired) electrons. The molecule has 0 saturated carbocycles. The molecule has 0 N–H and O–H groups in total. The van der Waals surface area contributed by atoms with E-state index in [4.69, 9.17) is 9.15 Å². The molecule has 0 unspecified atom stereocenters. The average Bonchev–Trinajstić information content (AvgIpc) is 2.99. The smallest absolute Gasteiger partial charge is 0.180 e. The highest BCUT2D eigenvalue weighted by Crippen LogP contribution is 2.14. The number of ether oxygens (including phenoxy) is 1. The van der Waals surface area contributed by atoms with Gasteiger partial charge in [0.15, 0.2) is 6.39 Å². The highest BCUT2D eigenvalue weighted by Gasteiger charge is 2.02. The van der Waals surface area contributed by atoms with Crippen LogP contribution in [-0.2, 0) is 13.0 Å². The van der Waals surface area contributed by atoms with Crippen molar-refractivity contribution >= 4 is 0 Å². The van der Waals surface area contributed by atoms with Gasteiger partial charge in [-0.1, -0.05) is 26.0 Å². The summed E-state index contributed by atoms with van der Waals surface area (Å²) < 4.78 is 10.6.